The average Bonchev–Trinajstić information content (AvgIpc) is 2.64. The van der Waals surface area contributed by atoms with Gasteiger partial charge in [0.2, 0.25) is 0 Å². The molecule has 3 aromatic carbocycles. The Morgan fingerprint density at radius 3 is 2.19 bits per heavy atom. The number of nitrogens with one attached hydrogen (secondary N) is 1. The zero-order valence-corrected chi connectivity index (χ0v) is 16.2. The summed E-state index contributed by atoms with van der Waals surface area (Å²) in [5, 5.41) is 3.11. The molecule has 0 saturated heterocycles. The molecule has 0 bridgehead atoms. The van der Waals surface area contributed by atoms with Gasteiger partial charge in [0, 0.05) is 16.3 Å². The zero-order chi connectivity index (χ0) is 18.5. The van der Waals surface area contributed by atoms with Gasteiger partial charge in [0.15, 0.2) is 0 Å². The number of anilines is 1. The summed E-state index contributed by atoms with van der Waals surface area (Å²) in [4.78, 5) is 13.9. The van der Waals surface area contributed by atoms with E-state index in [-0.39, 0.29) is 5.91 Å². The maximum atomic E-state index is 12.9. The minimum Gasteiger partial charge on any atom is -0.321 e. The van der Waals surface area contributed by atoms with Crippen molar-refractivity contribution in [1.29, 1.82) is 0 Å². The fourth-order valence-electron chi connectivity index (χ4n) is 3.07. The normalized spacial score (nSPS) is 10.6. The largest absolute Gasteiger partial charge is 0.321 e. The summed E-state index contributed by atoms with van der Waals surface area (Å²) in [5.41, 5.74) is 6.25. The summed E-state index contributed by atoms with van der Waals surface area (Å²) in [5.74, 6) is 0.782. The molecule has 0 radical (unpaired) electrons. The third-order valence-electron chi connectivity index (χ3n) is 4.28. The van der Waals surface area contributed by atoms with Crippen molar-refractivity contribution in [2.24, 2.45) is 0 Å². The number of amides is 1. The van der Waals surface area contributed by atoms with E-state index < -0.39 is 0 Å². The van der Waals surface area contributed by atoms with E-state index in [0.717, 1.165) is 27.5 Å². The molecule has 3 aromatic rings. The van der Waals surface area contributed by atoms with Crippen molar-refractivity contribution in [1.82, 2.24) is 0 Å². The van der Waals surface area contributed by atoms with E-state index in [1.165, 1.54) is 11.1 Å². The number of aryl methyl sites for hydroxylation is 3. The molecule has 3 heteroatoms. The summed E-state index contributed by atoms with van der Waals surface area (Å²) < 4.78 is 0. The summed E-state index contributed by atoms with van der Waals surface area (Å²) in [6.45, 7) is 6.14. The van der Waals surface area contributed by atoms with Crippen LogP contribution in [0, 0.1) is 20.8 Å². The van der Waals surface area contributed by atoms with Gasteiger partial charge in [-0.05, 0) is 49.6 Å². The fourth-order valence-corrected chi connectivity index (χ4v) is 4.08. The second-order valence-corrected chi connectivity index (χ2v) is 7.52. The highest BCUT2D eigenvalue weighted by molar-refractivity contribution is 7.98. The Hall–Kier alpha value is -2.52. The zero-order valence-electron chi connectivity index (χ0n) is 15.4. The molecule has 0 unspecified atom stereocenters. The van der Waals surface area contributed by atoms with Crippen molar-refractivity contribution >= 4 is 23.4 Å². The lowest BCUT2D eigenvalue weighted by molar-refractivity contribution is 0.102. The Bertz CT molecular complexity index is 895. The highest BCUT2D eigenvalue weighted by atomic mass is 32.2. The van der Waals surface area contributed by atoms with Crippen molar-refractivity contribution in [2.45, 2.75) is 31.4 Å². The molecule has 1 N–H and O–H groups in total. The molecule has 0 aliphatic rings. The summed E-state index contributed by atoms with van der Waals surface area (Å²) in [7, 11) is 0. The second kappa shape index (κ2) is 8.24. The quantitative estimate of drug-likeness (QED) is 0.552. The van der Waals surface area contributed by atoms with Crippen LogP contribution in [0.2, 0.25) is 0 Å². The van der Waals surface area contributed by atoms with Crippen molar-refractivity contribution in [3.05, 3.63) is 94.5 Å². The molecule has 0 atom stereocenters. The van der Waals surface area contributed by atoms with E-state index in [0.29, 0.717) is 5.56 Å². The van der Waals surface area contributed by atoms with Crippen molar-refractivity contribution < 1.29 is 4.79 Å². The lowest BCUT2D eigenvalue weighted by Gasteiger charge is -2.14. The monoisotopic (exact) mass is 361 g/mol. The van der Waals surface area contributed by atoms with Gasteiger partial charge in [-0.25, -0.2) is 0 Å². The molecular formula is C23H23NOS. The van der Waals surface area contributed by atoms with E-state index >= 15 is 0 Å². The van der Waals surface area contributed by atoms with Gasteiger partial charge in [0.05, 0.1) is 5.56 Å². The first-order valence-electron chi connectivity index (χ1n) is 8.69. The number of hydrogen-bond donors (Lipinski definition) is 1. The summed E-state index contributed by atoms with van der Waals surface area (Å²) >= 11 is 1.69. The maximum absolute atomic E-state index is 12.9. The number of carbonyl (C=O) groups excluding carboxylic acids is 1. The van der Waals surface area contributed by atoms with Gasteiger partial charge in [-0.3, -0.25) is 4.79 Å². The maximum Gasteiger partial charge on any atom is 0.256 e. The molecule has 26 heavy (non-hydrogen) atoms. The van der Waals surface area contributed by atoms with Crippen LogP contribution in [0.5, 0.6) is 0 Å². The van der Waals surface area contributed by atoms with Crippen LogP contribution in [-0.2, 0) is 5.75 Å². The van der Waals surface area contributed by atoms with Gasteiger partial charge in [0.1, 0.15) is 0 Å². The van der Waals surface area contributed by atoms with Gasteiger partial charge in [-0.15, -0.1) is 11.8 Å². The molecule has 0 spiro atoms. The predicted molar refractivity (Wildman–Crippen MR) is 111 cm³/mol. The van der Waals surface area contributed by atoms with Crippen LogP contribution >= 0.6 is 11.8 Å². The third kappa shape index (κ3) is 4.36. The van der Waals surface area contributed by atoms with Crippen LogP contribution < -0.4 is 5.32 Å². The Labute approximate surface area is 159 Å². The van der Waals surface area contributed by atoms with E-state index in [9.17, 15) is 4.79 Å². The molecule has 0 heterocycles. The molecule has 1 amide bonds. The number of hydrogen-bond acceptors (Lipinski definition) is 2. The fraction of sp³-hybridized carbons (Fsp3) is 0.174. The standard InChI is InChI=1S/C23H23NOS/c1-16-13-17(2)22(18(3)14-16)24-23(25)20-11-7-8-12-21(20)26-15-19-9-5-4-6-10-19/h4-14H,15H2,1-3H3,(H,24,25). The van der Waals surface area contributed by atoms with Crippen LogP contribution in [0.3, 0.4) is 0 Å². The van der Waals surface area contributed by atoms with Crippen molar-refractivity contribution in [2.75, 3.05) is 5.32 Å². The van der Waals surface area contributed by atoms with Gasteiger partial charge in [0.25, 0.3) is 5.91 Å². The van der Waals surface area contributed by atoms with Gasteiger partial charge in [-0.1, -0.05) is 60.2 Å². The van der Waals surface area contributed by atoms with Gasteiger partial charge < -0.3 is 5.32 Å². The van der Waals surface area contributed by atoms with Crippen LogP contribution in [0.15, 0.2) is 71.6 Å². The molecule has 132 valence electrons. The second-order valence-electron chi connectivity index (χ2n) is 6.50. The third-order valence-corrected chi connectivity index (χ3v) is 5.43. The SMILES string of the molecule is Cc1cc(C)c(NC(=O)c2ccccc2SCc2ccccc2)c(C)c1. The smallest absolute Gasteiger partial charge is 0.256 e. The first-order chi connectivity index (χ1) is 12.5. The minimum atomic E-state index is -0.0591. The Morgan fingerprint density at radius 1 is 0.885 bits per heavy atom. The number of benzene rings is 3. The Kier molecular flexibility index (Phi) is 5.79. The van der Waals surface area contributed by atoms with E-state index in [2.05, 4.69) is 36.5 Å². The van der Waals surface area contributed by atoms with Crippen LogP contribution in [0.1, 0.15) is 32.6 Å². The molecule has 0 aliphatic carbocycles. The van der Waals surface area contributed by atoms with Crippen molar-refractivity contribution in [3.63, 3.8) is 0 Å². The van der Waals surface area contributed by atoms with E-state index in [1.54, 1.807) is 11.8 Å². The lowest BCUT2D eigenvalue weighted by atomic mass is 10.0. The van der Waals surface area contributed by atoms with Crippen LogP contribution in [0.25, 0.3) is 0 Å². The summed E-state index contributed by atoms with van der Waals surface area (Å²) in [6, 6.07) is 22.3. The highest BCUT2D eigenvalue weighted by Crippen LogP contribution is 2.28. The number of rotatable bonds is 5. The van der Waals surface area contributed by atoms with E-state index in [1.807, 2.05) is 56.3 Å². The topological polar surface area (TPSA) is 29.1 Å². The Morgan fingerprint density at radius 2 is 1.50 bits per heavy atom. The lowest BCUT2D eigenvalue weighted by Crippen LogP contribution is -2.15. The molecule has 2 nitrogen and oxygen atoms in total. The van der Waals surface area contributed by atoms with E-state index in [4.69, 9.17) is 0 Å². The molecule has 0 fully saturated rings. The highest BCUT2D eigenvalue weighted by Gasteiger charge is 2.14. The molecule has 3 rings (SSSR count). The molecule has 0 saturated carbocycles. The predicted octanol–water partition coefficient (Wildman–Crippen LogP) is 6.16. The Balaban J connectivity index is 1.80. The number of carbonyl (C=O) groups is 1. The van der Waals surface area contributed by atoms with Crippen LogP contribution in [-0.4, -0.2) is 5.91 Å². The summed E-state index contributed by atoms with van der Waals surface area (Å²) in [6.07, 6.45) is 0. The van der Waals surface area contributed by atoms with Crippen molar-refractivity contribution in [3.8, 4) is 0 Å². The molecular weight excluding hydrogens is 338 g/mol. The molecule has 0 aromatic heterocycles. The van der Waals surface area contributed by atoms with Gasteiger partial charge >= 0.3 is 0 Å². The van der Waals surface area contributed by atoms with Gasteiger partial charge in [-0.2, -0.15) is 0 Å². The average molecular weight is 362 g/mol. The minimum absolute atomic E-state index is 0.0591. The van der Waals surface area contributed by atoms with Crippen LogP contribution in [0.4, 0.5) is 5.69 Å². The first kappa shape index (κ1) is 18.3. The number of thioether (sulfide) groups is 1. The first-order valence-corrected chi connectivity index (χ1v) is 9.68. The molecule has 0 aliphatic heterocycles.